The van der Waals surface area contributed by atoms with Gasteiger partial charge in [0, 0.05) is 23.7 Å². The minimum absolute atomic E-state index is 0.0754. The van der Waals surface area contributed by atoms with Crippen molar-refractivity contribution in [1.29, 1.82) is 5.26 Å². The third-order valence-electron chi connectivity index (χ3n) is 4.94. The molecule has 0 saturated heterocycles. The quantitative estimate of drug-likeness (QED) is 0.812. The summed E-state index contributed by atoms with van der Waals surface area (Å²) < 4.78 is 14.8. The lowest BCUT2D eigenvalue weighted by Crippen LogP contribution is -2.25. The molecule has 1 aromatic heterocycles. The molecule has 136 valence electrons. The van der Waals surface area contributed by atoms with Gasteiger partial charge in [0.15, 0.2) is 5.82 Å². The summed E-state index contributed by atoms with van der Waals surface area (Å²) in [6.07, 6.45) is 3.86. The highest BCUT2D eigenvalue weighted by molar-refractivity contribution is 6.05. The van der Waals surface area contributed by atoms with Crippen LogP contribution < -0.4 is 16.0 Å². The van der Waals surface area contributed by atoms with E-state index in [2.05, 4.69) is 16.4 Å². The van der Waals surface area contributed by atoms with Crippen LogP contribution in [-0.2, 0) is 9.59 Å². The fourth-order valence-electron chi connectivity index (χ4n) is 3.30. The second-order valence-corrected chi connectivity index (χ2v) is 6.76. The molecule has 2 heterocycles. The van der Waals surface area contributed by atoms with Crippen LogP contribution >= 0.6 is 0 Å². The number of pyridine rings is 1. The van der Waals surface area contributed by atoms with Crippen LogP contribution in [0.15, 0.2) is 30.1 Å². The molecule has 2 aromatic rings. The van der Waals surface area contributed by atoms with Gasteiger partial charge < -0.3 is 11.1 Å². The van der Waals surface area contributed by atoms with Crippen LogP contribution in [0.25, 0.3) is 10.8 Å². The maximum atomic E-state index is 14.8. The van der Waals surface area contributed by atoms with E-state index in [4.69, 9.17) is 11.0 Å². The van der Waals surface area contributed by atoms with Crippen molar-refractivity contribution in [3.05, 3.63) is 35.9 Å². The number of hydrogen-bond acceptors (Lipinski definition) is 5. The van der Waals surface area contributed by atoms with E-state index in [1.54, 1.807) is 19.1 Å². The summed E-state index contributed by atoms with van der Waals surface area (Å²) in [4.78, 5) is 29.6. The number of allylic oxidation sites excluding steroid dienone is 1. The molecule has 0 bridgehead atoms. The number of nitriles is 1. The number of nitrogen functional groups attached to an aromatic ring is 1. The van der Waals surface area contributed by atoms with Gasteiger partial charge >= 0.3 is 0 Å². The Labute approximate surface area is 154 Å². The smallest absolute Gasteiger partial charge is 0.235 e. The Morgan fingerprint density at radius 2 is 2.26 bits per heavy atom. The molecule has 0 unspecified atom stereocenters. The largest absolute Gasteiger partial charge is 0.396 e. The van der Waals surface area contributed by atoms with Crippen LogP contribution in [-0.4, -0.2) is 16.8 Å². The number of anilines is 3. The summed E-state index contributed by atoms with van der Waals surface area (Å²) in [5.74, 6) is -1.47. The third-order valence-corrected chi connectivity index (χ3v) is 4.94. The van der Waals surface area contributed by atoms with Crippen molar-refractivity contribution in [3.63, 3.8) is 0 Å². The van der Waals surface area contributed by atoms with Crippen molar-refractivity contribution < 1.29 is 14.0 Å². The van der Waals surface area contributed by atoms with Crippen LogP contribution in [0.3, 0.4) is 0 Å². The number of benzene rings is 1. The summed E-state index contributed by atoms with van der Waals surface area (Å²) in [6.45, 7) is 1.73. The van der Waals surface area contributed by atoms with Crippen molar-refractivity contribution in [2.45, 2.75) is 19.8 Å². The number of carbonyl (C=O) groups excluding carboxylic acids is 2. The topological polar surface area (TPSA) is 112 Å². The Hall–Kier alpha value is -3.47. The van der Waals surface area contributed by atoms with Gasteiger partial charge in [-0.2, -0.15) is 5.26 Å². The number of fused-ring (bicyclic) bond motifs is 1. The normalized spacial score (nSPS) is 21.1. The van der Waals surface area contributed by atoms with Crippen molar-refractivity contribution in [1.82, 2.24) is 4.98 Å². The van der Waals surface area contributed by atoms with Gasteiger partial charge in [0.25, 0.3) is 0 Å². The SMILES string of the molecule is CC1=CCC(=O)N1c1cc2cc(NC(=O)[C@@H]3C[C@H]3C#N)ncc2c(N)c1F. The zero-order valence-corrected chi connectivity index (χ0v) is 14.5. The molecule has 0 radical (unpaired) electrons. The van der Waals surface area contributed by atoms with E-state index in [-0.39, 0.29) is 47.3 Å². The predicted molar refractivity (Wildman–Crippen MR) is 97.8 cm³/mol. The summed E-state index contributed by atoms with van der Waals surface area (Å²) in [7, 11) is 0. The van der Waals surface area contributed by atoms with Crippen LogP contribution in [0.5, 0.6) is 0 Å². The molecular weight excluding hydrogens is 349 g/mol. The zero-order chi connectivity index (χ0) is 19.3. The highest BCUT2D eigenvalue weighted by Gasteiger charge is 2.43. The molecule has 7 nitrogen and oxygen atoms in total. The van der Waals surface area contributed by atoms with Crippen molar-refractivity contribution in [2.24, 2.45) is 11.8 Å². The van der Waals surface area contributed by atoms with E-state index < -0.39 is 5.82 Å². The Bertz CT molecular complexity index is 1070. The maximum absolute atomic E-state index is 14.8. The van der Waals surface area contributed by atoms with Gasteiger partial charge in [-0.1, -0.05) is 6.08 Å². The average molecular weight is 365 g/mol. The second kappa shape index (κ2) is 6.06. The molecule has 4 rings (SSSR count). The maximum Gasteiger partial charge on any atom is 0.235 e. The Morgan fingerprint density at radius 3 is 2.89 bits per heavy atom. The van der Waals surface area contributed by atoms with Gasteiger partial charge in [0.1, 0.15) is 5.82 Å². The number of carbonyl (C=O) groups is 2. The second-order valence-electron chi connectivity index (χ2n) is 6.76. The predicted octanol–water partition coefficient (Wildman–Crippen LogP) is 2.69. The molecule has 8 heteroatoms. The molecule has 1 aliphatic heterocycles. The summed E-state index contributed by atoms with van der Waals surface area (Å²) >= 11 is 0. The highest BCUT2D eigenvalue weighted by Crippen LogP contribution is 2.39. The monoisotopic (exact) mass is 365 g/mol. The summed E-state index contributed by atoms with van der Waals surface area (Å²) in [5.41, 5.74) is 6.53. The molecule has 27 heavy (non-hydrogen) atoms. The number of rotatable bonds is 3. The average Bonchev–Trinajstić information content (AvgIpc) is 3.37. The van der Waals surface area contributed by atoms with Gasteiger partial charge in [-0.3, -0.25) is 14.5 Å². The van der Waals surface area contributed by atoms with E-state index in [1.807, 2.05) is 0 Å². The molecule has 3 N–H and O–H groups in total. The number of nitrogens with one attached hydrogen (secondary N) is 1. The molecule has 1 aliphatic carbocycles. The fourth-order valence-corrected chi connectivity index (χ4v) is 3.30. The van der Waals surface area contributed by atoms with Gasteiger partial charge in [-0.25, -0.2) is 9.37 Å². The first-order chi connectivity index (χ1) is 12.9. The number of aromatic nitrogens is 1. The van der Waals surface area contributed by atoms with E-state index in [0.29, 0.717) is 22.9 Å². The highest BCUT2D eigenvalue weighted by atomic mass is 19.1. The molecule has 1 fully saturated rings. The fraction of sp³-hybridized carbons (Fsp3) is 0.263. The Kier molecular flexibility index (Phi) is 3.81. The van der Waals surface area contributed by atoms with Gasteiger partial charge in [-0.15, -0.1) is 0 Å². The number of amides is 2. The van der Waals surface area contributed by atoms with Gasteiger partial charge in [0.05, 0.1) is 29.3 Å². The molecule has 2 amide bonds. The van der Waals surface area contributed by atoms with Crippen molar-refractivity contribution in [2.75, 3.05) is 16.0 Å². The van der Waals surface area contributed by atoms with E-state index in [1.165, 1.54) is 17.2 Å². The summed E-state index contributed by atoms with van der Waals surface area (Å²) in [6, 6.07) is 5.17. The van der Waals surface area contributed by atoms with E-state index in [9.17, 15) is 14.0 Å². The van der Waals surface area contributed by atoms with E-state index >= 15 is 0 Å². The first kappa shape index (κ1) is 17.0. The Morgan fingerprint density at radius 1 is 1.48 bits per heavy atom. The molecule has 2 aliphatic rings. The first-order valence-corrected chi connectivity index (χ1v) is 8.48. The van der Waals surface area contributed by atoms with Crippen LogP contribution in [0.2, 0.25) is 0 Å². The zero-order valence-electron chi connectivity index (χ0n) is 14.5. The lowest BCUT2D eigenvalue weighted by atomic mass is 10.1. The van der Waals surface area contributed by atoms with Crippen LogP contribution in [0.1, 0.15) is 19.8 Å². The molecule has 0 spiro atoms. The number of nitrogens with zero attached hydrogens (tertiary/aromatic N) is 3. The van der Waals surface area contributed by atoms with Crippen molar-refractivity contribution >= 4 is 39.8 Å². The Balaban J connectivity index is 1.72. The first-order valence-electron chi connectivity index (χ1n) is 8.48. The number of hydrogen-bond donors (Lipinski definition) is 2. The number of nitrogens with two attached hydrogens (primary N) is 1. The van der Waals surface area contributed by atoms with Gasteiger partial charge in [0.2, 0.25) is 11.8 Å². The van der Waals surface area contributed by atoms with Gasteiger partial charge in [-0.05, 0) is 30.9 Å². The third kappa shape index (κ3) is 2.77. The standard InChI is InChI=1S/C19H16FN5O2/c1-9-2-3-16(26)25(9)14-5-10-6-15(23-8-13(10)18(22)17(14)20)24-19(27)12-4-11(12)7-21/h2,5-6,8,11-12H,3-4,22H2,1H3,(H,23,24,27)/t11-,12+/m0/s1. The minimum atomic E-state index is -0.682. The van der Waals surface area contributed by atoms with Crippen LogP contribution in [0.4, 0.5) is 21.6 Å². The minimum Gasteiger partial charge on any atom is -0.396 e. The van der Waals surface area contributed by atoms with E-state index in [0.717, 1.165) is 0 Å². The number of halogens is 1. The lowest BCUT2D eigenvalue weighted by Gasteiger charge is -2.21. The molecule has 1 saturated carbocycles. The molecular formula is C19H16FN5O2. The van der Waals surface area contributed by atoms with Crippen molar-refractivity contribution in [3.8, 4) is 6.07 Å². The lowest BCUT2D eigenvalue weighted by molar-refractivity contribution is -0.118. The molecule has 2 atom stereocenters. The molecule has 1 aromatic carbocycles. The summed E-state index contributed by atoms with van der Waals surface area (Å²) in [5, 5.41) is 12.5. The van der Waals surface area contributed by atoms with Crippen LogP contribution in [0, 0.1) is 29.0 Å².